The number of anilines is 1. The maximum atomic E-state index is 13.0. The molecule has 0 amide bonds. The smallest absolute Gasteiger partial charge is 0.265 e. The number of sulfonamides is 1. The van der Waals surface area contributed by atoms with Crippen molar-refractivity contribution < 1.29 is 8.42 Å². The molecule has 0 radical (unpaired) electrons. The molecular weight excluding hydrogens is 322 g/mol. The van der Waals surface area contributed by atoms with Crippen LogP contribution in [-0.2, 0) is 15.4 Å². The standard InChI is InChI=1S/C18H27N3O2S/c1-12(2)21-11-16(17(19-21)18(5,6)7)24(22,23)20-15-10-13(3)8-9-14(15)4/h8-12,20H,1-7H3. The zero-order valence-electron chi connectivity index (χ0n) is 15.5. The molecule has 1 heterocycles. The van der Waals surface area contributed by atoms with Gasteiger partial charge in [-0.3, -0.25) is 9.40 Å². The number of hydrogen-bond donors (Lipinski definition) is 1. The molecule has 0 saturated heterocycles. The third-order valence-corrected chi connectivity index (χ3v) is 5.23. The second kappa shape index (κ2) is 6.24. The summed E-state index contributed by atoms with van der Waals surface area (Å²) in [6.07, 6.45) is 1.62. The molecule has 0 spiro atoms. The van der Waals surface area contributed by atoms with Crippen LogP contribution < -0.4 is 4.72 Å². The molecule has 1 aromatic carbocycles. The summed E-state index contributed by atoms with van der Waals surface area (Å²) in [5.74, 6) is 0. The van der Waals surface area contributed by atoms with Gasteiger partial charge in [0.25, 0.3) is 10.0 Å². The normalized spacial score (nSPS) is 12.7. The Hall–Kier alpha value is -1.82. The Balaban J connectivity index is 2.55. The van der Waals surface area contributed by atoms with E-state index in [1.54, 1.807) is 10.9 Å². The molecule has 0 unspecified atom stereocenters. The Kier molecular flexibility index (Phi) is 4.81. The fourth-order valence-corrected chi connectivity index (χ4v) is 3.87. The van der Waals surface area contributed by atoms with E-state index in [4.69, 9.17) is 0 Å². The van der Waals surface area contributed by atoms with E-state index >= 15 is 0 Å². The Morgan fingerprint density at radius 1 is 1.17 bits per heavy atom. The Morgan fingerprint density at radius 3 is 2.33 bits per heavy atom. The second-order valence-corrected chi connectivity index (χ2v) is 9.24. The lowest BCUT2D eigenvalue weighted by atomic mass is 9.92. The van der Waals surface area contributed by atoms with Crippen molar-refractivity contribution >= 4 is 15.7 Å². The fraction of sp³-hybridized carbons (Fsp3) is 0.500. The maximum absolute atomic E-state index is 13.0. The maximum Gasteiger partial charge on any atom is 0.265 e. The van der Waals surface area contributed by atoms with Crippen LogP contribution in [0.2, 0.25) is 0 Å². The summed E-state index contributed by atoms with van der Waals surface area (Å²) >= 11 is 0. The lowest BCUT2D eigenvalue weighted by Crippen LogP contribution is -2.20. The van der Waals surface area contributed by atoms with Gasteiger partial charge in [0.2, 0.25) is 0 Å². The Labute approximate surface area is 145 Å². The lowest BCUT2D eigenvalue weighted by molar-refractivity contribution is 0.493. The van der Waals surface area contributed by atoms with Crippen molar-refractivity contribution in [3.63, 3.8) is 0 Å². The molecule has 1 aromatic heterocycles. The van der Waals surface area contributed by atoms with E-state index in [1.807, 2.05) is 66.7 Å². The summed E-state index contributed by atoms with van der Waals surface area (Å²) in [5.41, 5.74) is 2.71. The first-order valence-corrected chi connectivity index (χ1v) is 9.60. The van der Waals surface area contributed by atoms with E-state index in [9.17, 15) is 8.42 Å². The highest BCUT2D eigenvalue weighted by molar-refractivity contribution is 7.92. The third-order valence-electron chi connectivity index (χ3n) is 3.86. The van der Waals surface area contributed by atoms with Crippen molar-refractivity contribution in [1.29, 1.82) is 0 Å². The molecule has 0 saturated carbocycles. The highest BCUT2D eigenvalue weighted by Gasteiger charge is 2.30. The SMILES string of the molecule is Cc1ccc(C)c(NS(=O)(=O)c2cn(C(C)C)nc2C(C)(C)C)c1. The van der Waals surface area contributed by atoms with Crippen LogP contribution in [-0.4, -0.2) is 18.2 Å². The average Bonchev–Trinajstić information content (AvgIpc) is 2.89. The van der Waals surface area contributed by atoms with Crippen LogP contribution >= 0.6 is 0 Å². The summed E-state index contributed by atoms with van der Waals surface area (Å²) in [6, 6.07) is 5.81. The van der Waals surface area contributed by atoms with Crippen LogP contribution in [0.1, 0.15) is 57.5 Å². The van der Waals surface area contributed by atoms with Crippen molar-refractivity contribution in [2.75, 3.05) is 4.72 Å². The van der Waals surface area contributed by atoms with Gasteiger partial charge in [-0.2, -0.15) is 5.10 Å². The largest absolute Gasteiger partial charge is 0.279 e. The van der Waals surface area contributed by atoms with E-state index < -0.39 is 10.0 Å². The first kappa shape index (κ1) is 18.5. The average molecular weight is 350 g/mol. The zero-order chi connectivity index (χ0) is 18.3. The summed E-state index contributed by atoms with van der Waals surface area (Å²) in [6.45, 7) is 13.7. The van der Waals surface area contributed by atoms with Gasteiger partial charge in [0.15, 0.2) is 0 Å². The minimum absolute atomic E-state index is 0.0933. The van der Waals surface area contributed by atoms with E-state index in [-0.39, 0.29) is 16.4 Å². The first-order valence-electron chi connectivity index (χ1n) is 8.11. The predicted octanol–water partition coefficient (Wildman–Crippen LogP) is 4.18. The molecule has 0 aliphatic rings. The molecule has 24 heavy (non-hydrogen) atoms. The fourth-order valence-electron chi connectivity index (χ4n) is 2.40. The van der Waals surface area contributed by atoms with Gasteiger partial charge in [-0.1, -0.05) is 32.9 Å². The number of aryl methyl sites for hydroxylation is 2. The van der Waals surface area contributed by atoms with Gasteiger partial charge in [-0.15, -0.1) is 0 Å². The molecular formula is C18H27N3O2S. The number of nitrogens with zero attached hydrogens (tertiary/aromatic N) is 2. The number of rotatable bonds is 4. The predicted molar refractivity (Wildman–Crippen MR) is 98.0 cm³/mol. The van der Waals surface area contributed by atoms with Crippen LogP contribution in [0.4, 0.5) is 5.69 Å². The van der Waals surface area contributed by atoms with Gasteiger partial charge in [0, 0.05) is 17.7 Å². The van der Waals surface area contributed by atoms with E-state index in [1.165, 1.54) is 0 Å². The number of hydrogen-bond acceptors (Lipinski definition) is 3. The molecule has 0 fully saturated rings. The molecule has 2 aromatic rings. The van der Waals surface area contributed by atoms with Crippen molar-refractivity contribution in [3.05, 3.63) is 41.2 Å². The molecule has 2 rings (SSSR count). The number of aromatic nitrogens is 2. The molecule has 6 heteroatoms. The van der Waals surface area contributed by atoms with Crippen LogP contribution in [0, 0.1) is 13.8 Å². The van der Waals surface area contributed by atoms with Gasteiger partial charge < -0.3 is 0 Å². The van der Waals surface area contributed by atoms with Gasteiger partial charge in [-0.25, -0.2) is 8.42 Å². The number of nitrogens with one attached hydrogen (secondary N) is 1. The highest BCUT2D eigenvalue weighted by atomic mass is 32.2. The van der Waals surface area contributed by atoms with Crippen LogP contribution in [0.25, 0.3) is 0 Å². The number of benzene rings is 1. The zero-order valence-corrected chi connectivity index (χ0v) is 16.3. The molecule has 0 aliphatic carbocycles. The topological polar surface area (TPSA) is 64.0 Å². The molecule has 0 aliphatic heterocycles. The van der Waals surface area contributed by atoms with Crippen molar-refractivity contribution in [2.45, 2.75) is 64.8 Å². The molecule has 1 N–H and O–H groups in total. The van der Waals surface area contributed by atoms with Gasteiger partial charge in [0.05, 0.1) is 11.4 Å². The van der Waals surface area contributed by atoms with Crippen LogP contribution in [0.3, 0.4) is 0 Å². The highest BCUT2D eigenvalue weighted by Crippen LogP contribution is 2.30. The quantitative estimate of drug-likeness (QED) is 0.900. The molecule has 132 valence electrons. The van der Waals surface area contributed by atoms with E-state index in [0.717, 1.165) is 11.1 Å². The van der Waals surface area contributed by atoms with E-state index in [2.05, 4.69) is 9.82 Å². The monoisotopic (exact) mass is 349 g/mol. The van der Waals surface area contributed by atoms with Gasteiger partial charge >= 0.3 is 0 Å². The third kappa shape index (κ3) is 3.80. The molecule has 0 atom stereocenters. The van der Waals surface area contributed by atoms with Crippen LogP contribution in [0.5, 0.6) is 0 Å². The van der Waals surface area contributed by atoms with Gasteiger partial charge in [0.1, 0.15) is 4.90 Å². The minimum Gasteiger partial charge on any atom is -0.279 e. The van der Waals surface area contributed by atoms with Crippen molar-refractivity contribution in [2.24, 2.45) is 0 Å². The molecule has 0 bridgehead atoms. The lowest BCUT2D eigenvalue weighted by Gasteiger charge is -2.18. The van der Waals surface area contributed by atoms with Crippen molar-refractivity contribution in [3.8, 4) is 0 Å². The molecule has 5 nitrogen and oxygen atoms in total. The minimum atomic E-state index is -3.71. The second-order valence-electron chi connectivity index (χ2n) is 7.59. The van der Waals surface area contributed by atoms with Crippen LogP contribution in [0.15, 0.2) is 29.3 Å². The summed E-state index contributed by atoms with van der Waals surface area (Å²) in [7, 11) is -3.71. The van der Waals surface area contributed by atoms with E-state index in [0.29, 0.717) is 11.4 Å². The van der Waals surface area contributed by atoms with Crippen molar-refractivity contribution in [1.82, 2.24) is 9.78 Å². The Morgan fingerprint density at radius 2 is 1.79 bits per heavy atom. The summed E-state index contributed by atoms with van der Waals surface area (Å²) < 4.78 is 30.4. The summed E-state index contributed by atoms with van der Waals surface area (Å²) in [4.78, 5) is 0.240. The summed E-state index contributed by atoms with van der Waals surface area (Å²) in [5, 5.41) is 4.53. The first-order chi connectivity index (χ1) is 10.9. The Bertz CT molecular complexity index is 844. The van der Waals surface area contributed by atoms with Gasteiger partial charge in [-0.05, 0) is 44.9 Å².